The lowest BCUT2D eigenvalue weighted by Gasteiger charge is -2.24. The number of carbonyl (C=O) groups is 1. The van der Waals surface area contributed by atoms with Crippen molar-refractivity contribution in [3.05, 3.63) is 52.9 Å². The van der Waals surface area contributed by atoms with Crippen molar-refractivity contribution < 1.29 is 13.2 Å². The number of aromatic nitrogens is 3. The number of hydrogen-bond acceptors (Lipinski definition) is 7. The number of carbonyl (C=O) groups excluding carboxylic acids is 1. The van der Waals surface area contributed by atoms with E-state index < -0.39 is 10.0 Å². The van der Waals surface area contributed by atoms with Gasteiger partial charge >= 0.3 is 0 Å². The fourth-order valence-electron chi connectivity index (χ4n) is 2.89. The summed E-state index contributed by atoms with van der Waals surface area (Å²) in [6.45, 7) is 1.24. The standard InChI is InChI=1S/C18H19N5O3S3/c24-18(21-11-17-22-16(12-28-17)13-1-3-19-4-2-13)15-9-14(10-20-15)29(25,26)23-5-7-27-8-6-23/h1-4,9-10,12,20H,5-8,11H2,(H,21,24). The molecule has 1 amide bonds. The van der Waals surface area contributed by atoms with Crippen LogP contribution in [0.15, 0.2) is 47.1 Å². The van der Waals surface area contributed by atoms with Gasteiger partial charge in [0.15, 0.2) is 0 Å². The third kappa shape index (κ3) is 4.53. The molecule has 152 valence electrons. The van der Waals surface area contributed by atoms with Crippen molar-refractivity contribution in [3.8, 4) is 11.3 Å². The van der Waals surface area contributed by atoms with E-state index in [4.69, 9.17) is 0 Å². The number of sulfonamides is 1. The Kier molecular flexibility index (Phi) is 5.99. The van der Waals surface area contributed by atoms with Crippen molar-refractivity contribution in [1.29, 1.82) is 0 Å². The van der Waals surface area contributed by atoms with Crippen molar-refractivity contribution in [2.75, 3.05) is 24.6 Å². The number of thioether (sulfide) groups is 1. The summed E-state index contributed by atoms with van der Waals surface area (Å²) in [6.07, 6.45) is 4.78. The predicted molar refractivity (Wildman–Crippen MR) is 113 cm³/mol. The topological polar surface area (TPSA) is 108 Å². The van der Waals surface area contributed by atoms with Crippen molar-refractivity contribution in [2.45, 2.75) is 11.4 Å². The summed E-state index contributed by atoms with van der Waals surface area (Å²) in [4.78, 5) is 23.8. The van der Waals surface area contributed by atoms with Gasteiger partial charge in [0.05, 0.1) is 12.2 Å². The molecule has 0 spiro atoms. The number of amides is 1. The van der Waals surface area contributed by atoms with Gasteiger partial charge in [-0.2, -0.15) is 16.1 Å². The van der Waals surface area contributed by atoms with E-state index in [2.05, 4.69) is 20.3 Å². The molecule has 8 nitrogen and oxygen atoms in total. The zero-order valence-electron chi connectivity index (χ0n) is 15.4. The molecule has 0 aromatic carbocycles. The van der Waals surface area contributed by atoms with Gasteiger partial charge in [-0.15, -0.1) is 11.3 Å². The molecule has 1 saturated heterocycles. The van der Waals surface area contributed by atoms with Gasteiger partial charge < -0.3 is 10.3 Å². The van der Waals surface area contributed by atoms with Crippen molar-refractivity contribution >= 4 is 39.0 Å². The number of hydrogen-bond donors (Lipinski definition) is 2. The van der Waals surface area contributed by atoms with Crippen LogP contribution in [-0.4, -0.2) is 58.2 Å². The number of H-pyrrole nitrogens is 1. The average Bonchev–Trinajstić information content (AvgIpc) is 3.44. The quantitative estimate of drug-likeness (QED) is 0.597. The SMILES string of the molecule is O=C(NCc1nc(-c2ccncc2)cs1)c1cc(S(=O)(=O)N2CCSCC2)c[nH]1. The second-order valence-electron chi connectivity index (χ2n) is 6.31. The summed E-state index contributed by atoms with van der Waals surface area (Å²) in [6, 6.07) is 5.13. The van der Waals surface area contributed by atoms with Gasteiger partial charge in [0, 0.05) is 54.1 Å². The molecule has 0 atom stereocenters. The zero-order valence-corrected chi connectivity index (χ0v) is 17.8. The van der Waals surface area contributed by atoms with Gasteiger partial charge in [-0.3, -0.25) is 9.78 Å². The van der Waals surface area contributed by atoms with E-state index in [1.165, 1.54) is 27.9 Å². The fourth-order valence-corrected chi connectivity index (χ4v) is 6.20. The molecule has 4 rings (SSSR count). The van der Waals surface area contributed by atoms with E-state index in [0.29, 0.717) is 13.1 Å². The van der Waals surface area contributed by atoms with Crippen molar-refractivity contribution in [3.63, 3.8) is 0 Å². The fraction of sp³-hybridized carbons (Fsp3) is 0.278. The molecule has 0 radical (unpaired) electrons. The molecule has 3 aromatic heterocycles. The first-order chi connectivity index (χ1) is 14.0. The first-order valence-electron chi connectivity index (χ1n) is 8.93. The van der Waals surface area contributed by atoms with Crippen LogP contribution in [0.5, 0.6) is 0 Å². The highest BCUT2D eigenvalue weighted by molar-refractivity contribution is 7.99. The Hall–Kier alpha value is -2.21. The molecule has 1 fully saturated rings. The zero-order chi connectivity index (χ0) is 20.3. The number of nitrogens with zero attached hydrogens (tertiary/aromatic N) is 3. The summed E-state index contributed by atoms with van der Waals surface area (Å²) in [7, 11) is -3.58. The second kappa shape index (κ2) is 8.66. The lowest BCUT2D eigenvalue weighted by Crippen LogP contribution is -2.37. The van der Waals surface area contributed by atoms with Crippen LogP contribution in [0.25, 0.3) is 11.3 Å². The number of rotatable bonds is 6. The normalized spacial score (nSPS) is 15.3. The van der Waals surface area contributed by atoms with Crippen LogP contribution in [0.1, 0.15) is 15.5 Å². The van der Waals surface area contributed by atoms with Crippen LogP contribution >= 0.6 is 23.1 Å². The minimum Gasteiger partial charge on any atom is -0.356 e. The molecule has 3 aromatic rings. The maximum Gasteiger partial charge on any atom is 0.268 e. The number of nitrogens with one attached hydrogen (secondary N) is 2. The molecule has 29 heavy (non-hydrogen) atoms. The maximum atomic E-state index is 12.7. The highest BCUT2D eigenvalue weighted by Crippen LogP contribution is 2.22. The molecule has 2 N–H and O–H groups in total. The van der Waals surface area contributed by atoms with Gasteiger partial charge in [0.2, 0.25) is 10.0 Å². The minimum atomic E-state index is -3.58. The minimum absolute atomic E-state index is 0.115. The summed E-state index contributed by atoms with van der Waals surface area (Å²) >= 11 is 3.19. The summed E-state index contributed by atoms with van der Waals surface area (Å²) in [5.41, 5.74) is 2.00. The molecule has 0 aliphatic carbocycles. The van der Waals surface area contributed by atoms with Gasteiger partial charge in [-0.05, 0) is 18.2 Å². The van der Waals surface area contributed by atoms with E-state index in [0.717, 1.165) is 27.8 Å². The largest absolute Gasteiger partial charge is 0.356 e. The van der Waals surface area contributed by atoms with E-state index >= 15 is 0 Å². The molecule has 1 aliphatic rings. The van der Waals surface area contributed by atoms with Crippen LogP contribution in [0.3, 0.4) is 0 Å². The maximum absolute atomic E-state index is 12.7. The first kappa shape index (κ1) is 20.1. The lowest BCUT2D eigenvalue weighted by atomic mass is 10.2. The van der Waals surface area contributed by atoms with E-state index in [9.17, 15) is 13.2 Å². The Morgan fingerprint density at radius 3 is 2.76 bits per heavy atom. The lowest BCUT2D eigenvalue weighted by molar-refractivity contribution is 0.0946. The molecule has 0 bridgehead atoms. The number of aromatic amines is 1. The highest BCUT2D eigenvalue weighted by Gasteiger charge is 2.27. The van der Waals surface area contributed by atoms with E-state index in [-0.39, 0.29) is 23.0 Å². The molecule has 0 unspecified atom stereocenters. The molecule has 1 aliphatic heterocycles. The monoisotopic (exact) mass is 449 g/mol. The van der Waals surface area contributed by atoms with Crippen LogP contribution in [0, 0.1) is 0 Å². The first-order valence-corrected chi connectivity index (χ1v) is 12.4. The molecular formula is C18H19N5O3S3. The van der Waals surface area contributed by atoms with Crippen molar-refractivity contribution in [1.82, 2.24) is 24.6 Å². The van der Waals surface area contributed by atoms with E-state index in [1.807, 2.05) is 17.5 Å². The summed E-state index contributed by atoms with van der Waals surface area (Å²) in [5, 5.41) is 5.46. The third-order valence-electron chi connectivity index (χ3n) is 4.44. The van der Waals surface area contributed by atoms with Gasteiger partial charge in [-0.1, -0.05) is 0 Å². The Labute approximate surface area is 176 Å². The summed E-state index contributed by atoms with van der Waals surface area (Å²) < 4.78 is 26.8. The Morgan fingerprint density at radius 2 is 2.00 bits per heavy atom. The van der Waals surface area contributed by atoms with Gasteiger partial charge in [0.25, 0.3) is 5.91 Å². The molecule has 0 saturated carbocycles. The van der Waals surface area contributed by atoms with Crippen LogP contribution in [0.2, 0.25) is 0 Å². The molecular weight excluding hydrogens is 430 g/mol. The van der Waals surface area contributed by atoms with E-state index in [1.54, 1.807) is 24.2 Å². The predicted octanol–water partition coefficient (Wildman–Crippen LogP) is 2.20. The number of thiazole rings is 1. The van der Waals surface area contributed by atoms with Gasteiger partial charge in [-0.25, -0.2) is 13.4 Å². The van der Waals surface area contributed by atoms with Gasteiger partial charge in [0.1, 0.15) is 15.6 Å². The molecule has 4 heterocycles. The van der Waals surface area contributed by atoms with Crippen LogP contribution in [-0.2, 0) is 16.6 Å². The highest BCUT2D eigenvalue weighted by atomic mass is 32.2. The number of pyridine rings is 1. The Balaban J connectivity index is 1.39. The average molecular weight is 450 g/mol. The molecule has 11 heteroatoms. The Bertz CT molecular complexity index is 1090. The summed E-state index contributed by atoms with van der Waals surface area (Å²) in [5.74, 6) is 1.19. The second-order valence-corrected chi connectivity index (χ2v) is 10.4. The van der Waals surface area contributed by atoms with Crippen molar-refractivity contribution in [2.24, 2.45) is 0 Å². The smallest absolute Gasteiger partial charge is 0.268 e. The van der Waals surface area contributed by atoms with Crippen LogP contribution in [0.4, 0.5) is 0 Å². The Morgan fingerprint density at radius 1 is 1.24 bits per heavy atom. The third-order valence-corrected chi connectivity index (χ3v) is 8.10. The van der Waals surface area contributed by atoms with Crippen LogP contribution < -0.4 is 5.32 Å².